The molecule has 2 aromatic carbocycles. The highest BCUT2D eigenvalue weighted by atomic mass is 16.5. The summed E-state index contributed by atoms with van der Waals surface area (Å²) in [6.07, 6.45) is 7.08. The molecule has 1 N–H and O–H groups in total. The molecule has 0 fully saturated rings. The van der Waals surface area contributed by atoms with Crippen molar-refractivity contribution in [3.8, 4) is 11.5 Å². The first-order valence-corrected chi connectivity index (χ1v) is 12.5. The maximum absolute atomic E-state index is 12.8. The summed E-state index contributed by atoms with van der Waals surface area (Å²) >= 11 is 0. The lowest BCUT2D eigenvalue weighted by Crippen LogP contribution is -2.32. The summed E-state index contributed by atoms with van der Waals surface area (Å²) in [7, 11) is 3.16. The molecule has 0 unspecified atom stereocenters. The fourth-order valence-electron chi connectivity index (χ4n) is 4.68. The van der Waals surface area contributed by atoms with E-state index in [9.17, 15) is 9.59 Å². The second-order valence-corrected chi connectivity index (χ2v) is 9.55. The molecule has 7 heteroatoms. The summed E-state index contributed by atoms with van der Waals surface area (Å²) in [6.45, 7) is 6.28. The van der Waals surface area contributed by atoms with E-state index in [1.807, 2.05) is 18.2 Å². The molecule has 0 saturated heterocycles. The van der Waals surface area contributed by atoms with E-state index in [0.29, 0.717) is 30.5 Å². The van der Waals surface area contributed by atoms with Crippen molar-refractivity contribution in [3.63, 3.8) is 0 Å². The summed E-state index contributed by atoms with van der Waals surface area (Å²) < 4.78 is 13.0. The van der Waals surface area contributed by atoms with Crippen LogP contribution in [0.4, 0.5) is 0 Å². The third-order valence-corrected chi connectivity index (χ3v) is 6.47. The number of hydrogen-bond acceptors (Lipinski definition) is 4. The van der Waals surface area contributed by atoms with Crippen LogP contribution in [0.2, 0.25) is 0 Å². The quantitative estimate of drug-likeness (QED) is 0.458. The van der Waals surface area contributed by atoms with Crippen LogP contribution >= 0.6 is 0 Å². The number of amides is 2. The normalized spacial score (nSPS) is 13.1. The zero-order valence-corrected chi connectivity index (χ0v) is 21.5. The largest absolute Gasteiger partial charge is 0.493 e. The van der Waals surface area contributed by atoms with Gasteiger partial charge in [-0.1, -0.05) is 32.0 Å². The van der Waals surface area contributed by atoms with Crippen LogP contribution in [0.1, 0.15) is 37.0 Å². The van der Waals surface area contributed by atoms with Crippen LogP contribution in [-0.2, 0) is 29.0 Å². The number of methoxy groups -OCH3 is 2. The monoisotopic (exact) mass is 489 g/mol. The van der Waals surface area contributed by atoms with Gasteiger partial charge in [-0.2, -0.15) is 0 Å². The second-order valence-electron chi connectivity index (χ2n) is 9.55. The highest BCUT2D eigenvalue weighted by Gasteiger charge is 2.20. The van der Waals surface area contributed by atoms with Crippen molar-refractivity contribution in [2.24, 2.45) is 5.92 Å². The first-order valence-electron chi connectivity index (χ1n) is 12.5. The molecule has 190 valence electrons. The molecule has 3 aromatic rings. The van der Waals surface area contributed by atoms with Gasteiger partial charge in [0, 0.05) is 49.4 Å². The molecular weight excluding hydrogens is 454 g/mol. The summed E-state index contributed by atoms with van der Waals surface area (Å²) in [5.74, 6) is 1.65. The Bertz CT molecular complexity index is 1280. The minimum atomic E-state index is -0.0628. The van der Waals surface area contributed by atoms with E-state index < -0.39 is 0 Å². The molecule has 0 radical (unpaired) electrons. The fourth-order valence-corrected chi connectivity index (χ4v) is 4.68. The van der Waals surface area contributed by atoms with Gasteiger partial charge in [0.1, 0.15) is 0 Å². The minimum absolute atomic E-state index is 0.0528. The van der Waals surface area contributed by atoms with Crippen molar-refractivity contribution < 1.29 is 19.1 Å². The number of ether oxygens (including phenoxy) is 2. The fraction of sp³-hybridized carbons (Fsp3) is 0.379. The predicted molar refractivity (Wildman–Crippen MR) is 142 cm³/mol. The zero-order chi connectivity index (χ0) is 25.7. The summed E-state index contributed by atoms with van der Waals surface area (Å²) in [4.78, 5) is 27.0. The standard InChI is InChI=1S/C29H35N3O4/c1-20(2)18-32-19-22(24-7-5-6-8-25(24)32)9-12-30-28(33)11-14-31-13-10-21-15-26(35-3)27(36-4)16-23(21)17-29(31)34/h5-8,10,13,15-16,19-20H,9,11-12,14,17-18H2,1-4H3,(H,30,33). The maximum atomic E-state index is 12.8. The first-order chi connectivity index (χ1) is 17.4. The van der Waals surface area contributed by atoms with Crippen molar-refractivity contribution >= 4 is 28.8 Å². The Labute approximate surface area is 212 Å². The van der Waals surface area contributed by atoms with E-state index in [2.05, 4.69) is 54.2 Å². The average molecular weight is 490 g/mol. The SMILES string of the molecule is COc1cc2c(cc1OC)CC(=O)N(CCC(=O)NCCc1cn(CC(C)C)c3ccccc13)C=C2. The van der Waals surface area contributed by atoms with Gasteiger partial charge in [-0.25, -0.2) is 0 Å². The van der Waals surface area contributed by atoms with Gasteiger partial charge in [0.25, 0.3) is 0 Å². The van der Waals surface area contributed by atoms with E-state index in [1.165, 1.54) is 16.5 Å². The van der Waals surface area contributed by atoms with Gasteiger partial charge in [0.2, 0.25) is 11.8 Å². The molecule has 0 spiro atoms. The first kappa shape index (κ1) is 25.4. The maximum Gasteiger partial charge on any atom is 0.230 e. The van der Waals surface area contributed by atoms with Gasteiger partial charge >= 0.3 is 0 Å². The number of aromatic nitrogens is 1. The van der Waals surface area contributed by atoms with E-state index in [-0.39, 0.29) is 24.7 Å². The smallest absolute Gasteiger partial charge is 0.230 e. The van der Waals surface area contributed by atoms with Crippen LogP contribution in [0, 0.1) is 5.92 Å². The van der Waals surface area contributed by atoms with Gasteiger partial charge in [-0.15, -0.1) is 0 Å². The highest BCUT2D eigenvalue weighted by Crippen LogP contribution is 2.32. The zero-order valence-electron chi connectivity index (χ0n) is 21.5. The minimum Gasteiger partial charge on any atom is -0.493 e. The Morgan fingerprint density at radius 1 is 1.11 bits per heavy atom. The highest BCUT2D eigenvalue weighted by molar-refractivity contribution is 5.85. The van der Waals surface area contributed by atoms with E-state index >= 15 is 0 Å². The van der Waals surface area contributed by atoms with Gasteiger partial charge in [-0.05, 0) is 53.3 Å². The van der Waals surface area contributed by atoms with Crippen LogP contribution in [-0.4, -0.2) is 48.6 Å². The topological polar surface area (TPSA) is 72.8 Å². The number of fused-ring (bicyclic) bond motifs is 2. The van der Waals surface area contributed by atoms with Crippen LogP contribution in [0.3, 0.4) is 0 Å². The average Bonchev–Trinajstić information content (AvgIpc) is 3.11. The Balaban J connectivity index is 1.32. The number of rotatable bonds is 10. The molecular formula is C29H35N3O4. The summed E-state index contributed by atoms with van der Waals surface area (Å²) in [5.41, 5.74) is 4.25. The van der Waals surface area contributed by atoms with E-state index in [0.717, 1.165) is 24.1 Å². The predicted octanol–water partition coefficient (Wildman–Crippen LogP) is 4.42. The Morgan fingerprint density at radius 2 is 1.86 bits per heavy atom. The van der Waals surface area contributed by atoms with Crippen LogP contribution < -0.4 is 14.8 Å². The molecule has 2 amide bonds. The molecule has 0 saturated carbocycles. The van der Waals surface area contributed by atoms with Gasteiger partial charge < -0.3 is 24.3 Å². The second kappa shape index (κ2) is 11.3. The molecule has 1 aliphatic heterocycles. The number of nitrogens with one attached hydrogen (secondary N) is 1. The molecule has 0 bridgehead atoms. The lowest BCUT2D eigenvalue weighted by atomic mass is 10.0. The lowest BCUT2D eigenvalue weighted by molar-refractivity contribution is -0.128. The van der Waals surface area contributed by atoms with E-state index in [1.54, 1.807) is 25.3 Å². The molecule has 0 atom stereocenters. The van der Waals surface area contributed by atoms with Crippen molar-refractivity contribution in [2.45, 2.75) is 39.7 Å². The van der Waals surface area contributed by atoms with Crippen molar-refractivity contribution in [1.29, 1.82) is 0 Å². The van der Waals surface area contributed by atoms with Crippen molar-refractivity contribution in [2.75, 3.05) is 27.3 Å². The third kappa shape index (κ3) is 5.73. The Kier molecular flexibility index (Phi) is 7.98. The number of hydrogen-bond donors (Lipinski definition) is 1. The Hall–Kier alpha value is -3.74. The van der Waals surface area contributed by atoms with Crippen LogP contribution in [0.15, 0.2) is 48.8 Å². The number of para-hydroxylation sites is 1. The van der Waals surface area contributed by atoms with Gasteiger partial charge in [-0.3, -0.25) is 9.59 Å². The molecule has 1 aromatic heterocycles. The molecule has 7 nitrogen and oxygen atoms in total. The lowest BCUT2D eigenvalue weighted by Gasteiger charge is -2.17. The molecule has 4 rings (SSSR count). The molecule has 1 aliphatic rings. The molecule has 0 aliphatic carbocycles. The van der Waals surface area contributed by atoms with Crippen molar-refractivity contribution in [1.82, 2.24) is 14.8 Å². The van der Waals surface area contributed by atoms with E-state index in [4.69, 9.17) is 9.47 Å². The molecule has 36 heavy (non-hydrogen) atoms. The van der Waals surface area contributed by atoms with Gasteiger partial charge in [0.05, 0.1) is 20.6 Å². The number of benzene rings is 2. The van der Waals surface area contributed by atoms with Crippen LogP contribution in [0.25, 0.3) is 17.0 Å². The number of nitrogens with zero attached hydrogens (tertiary/aromatic N) is 2. The summed E-state index contributed by atoms with van der Waals surface area (Å²) in [6, 6.07) is 12.1. The summed E-state index contributed by atoms with van der Waals surface area (Å²) in [5, 5.41) is 4.26. The number of carbonyl (C=O) groups is 2. The third-order valence-electron chi connectivity index (χ3n) is 6.47. The molecule has 2 heterocycles. The van der Waals surface area contributed by atoms with Crippen molar-refractivity contribution in [3.05, 3.63) is 65.5 Å². The number of carbonyl (C=O) groups excluding carboxylic acids is 2. The Morgan fingerprint density at radius 3 is 2.61 bits per heavy atom. The van der Waals surface area contributed by atoms with Gasteiger partial charge in [0.15, 0.2) is 11.5 Å². The van der Waals surface area contributed by atoms with Crippen LogP contribution in [0.5, 0.6) is 11.5 Å².